The molecule has 0 aromatic heterocycles. The highest BCUT2D eigenvalue weighted by atomic mass is 16.1. The fraction of sp³-hybridized carbons (Fsp3) is 0.333. The molecular weight excluding hydrogens is 324 g/mol. The molecule has 2 aromatic rings. The van der Waals surface area contributed by atoms with Crippen LogP contribution in [0, 0.1) is 0 Å². The number of carbonyl (C=O) groups is 1. The highest BCUT2D eigenvalue weighted by molar-refractivity contribution is 5.81. The van der Waals surface area contributed by atoms with Crippen LogP contribution in [0.15, 0.2) is 59.6 Å². The van der Waals surface area contributed by atoms with Gasteiger partial charge >= 0.3 is 0 Å². The summed E-state index contributed by atoms with van der Waals surface area (Å²) in [7, 11) is 1.73. The molecule has 0 atom stereocenters. The van der Waals surface area contributed by atoms with Crippen molar-refractivity contribution >= 4 is 11.9 Å². The van der Waals surface area contributed by atoms with Crippen LogP contribution >= 0.6 is 0 Å². The molecule has 26 heavy (non-hydrogen) atoms. The quantitative estimate of drug-likeness (QED) is 0.505. The van der Waals surface area contributed by atoms with E-state index in [1.165, 1.54) is 11.1 Å². The van der Waals surface area contributed by atoms with Crippen molar-refractivity contribution in [2.24, 2.45) is 4.99 Å². The van der Waals surface area contributed by atoms with Gasteiger partial charge in [-0.15, -0.1) is 0 Å². The monoisotopic (exact) mass is 352 g/mol. The number of benzene rings is 2. The SMILES string of the molecule is CCc1ccccc1CNC(=NC)NCCC(=O)NCc1ccccc1. The van der Waals surface area contributed by atoms with E-state index in [-0.39, 0.29) is 5.91 Å². The van der Waals surface area contributed by atoms with E-state index in [1.54, 1.807) is 7.05 Å². The lowest BCUT2D eigenvalue weighted by molar-refractivity contribution is -0.121. The topological polar surface area (TPSA) is 65.5 Å². The zero-order valence-electron chi connectivity index (χ0n) is 15.6. The minimum absolute atomic E-state index is 0.0214. The molecule has 0 bridgehead atoms. The molecule has 0 unspecified atom stereocenters. The van der Waals surface area contributed by atoms with E-state index < -0.39 is 0 Å². The van der Waals surface area contributed by atoms with Crippen LogP contribution < -0.4 is 16.0 Å². The molecule has 0 saturated carbocycles. The second kappa shape index (κ2) is 10.9. The van der Waals surface area contributed by atoms with E-state index in [0.29, 0.717) is 32.0 Å². The lowest BCUT2D eigenvalue weighted by Crippen LogP contribution is -2.39. The third kappa shape index (κ3) is 6.59. The Kier molecular flexibility index (Phi) is 8.19. The number of amides is 1. The summed E-state index contributed by atoms with van der Waals surface area (Å²) >= 11 is 0. The number of nitrogens with one attached hydrogen (secondary N) is 3. The molecule has 2 aromatic carbocycles. The van der Waals surface area contributed by atoms with E-state index in [0.717, 1.165) is 12.0 Å². The van der Waals surface area contributed by atoms with Gasteiger partial charge in [0.1, 0.15) is 0 Å². The maximum Gasteiger partial charge on any atom is 0.222 e. The predicted octanol–water partition coefficient (Wildman–Crippen LogP) is 2.62. The second-order valence-electron chi connectivity index (χ2n) is 5.99. The number of aliphatic imine (C=N–C) groups is 1. The van der Waals surface area contributed by atoms with Crippen molar-refractivity contribution in [1.29, 1.82) is 0 Å². The summed E-state index contributed by atoms with van der Waals surface area (Å²) in [6.45, 7) is 3.96. The first kappa shape index (κ1) is 19.5. The summed E-state index contributed by atoms with van der Waals surface area (Å²) in [6, 6.07) is 18.3. The number of nitrogens with zero attached hydrogens (tertiary/aromatic N) is 1. The van der Waals surface area contributed by atoms with Gasteiger partial charge in [-0.1, -0.05) is 61.5 Å². The zero-order valence-corrected chi connectivity index (χ0v) is 15.6. The Labute approximate surface area is 155 Å². The summed E-state index contributed by atoms with van der Waals surface area (Å²) in [5.41, 5.74) is 3.69. The Morgan fingerprint density at radius 2 is 1.58 bits per heavy atom. The minimum atomic E-state index is 0.0214. The van der Waals surface area contributed by atoms with Gasteiger partial charge in [0.05, 0.1) is 0 Å². The third-order valence-electron chi connectivity index (χ3n) is 4.15. The number of carbonyl (C=O) groups excluding carboxylic acids is 1. The van der Waals surface area contributed by atoms with Crippen molar-refractivity contribution in [1.82, 2.24) is 16.0 Å². The molecule has 0 fully saturated rings. The molecule has 0 saturated heterocycles. The Bertz CT molecular complexity index is 713. The molecule has 5 heteroatoms. The largest absolute Gasteiger partial charge is 0.356 e. The standard InChI is InChI=1S/C21H28N4O/c1-3-18-11-7-8-12-19(18)16-25-21(22-2)23-14-13-20(26)24-15-17-9-5-4-6-10-17/h4-12H,3,13-16H2,1-2H3,(H,24,26)(H2,22,23,25). The van der Waals surface area contributed by atoms with Gasteiger partial charge in [-0.2, -0.15) is 0 Å². The third-order valence-corrected chi connectivity index (χ3v) is 4.15. The van der Waals surface area contributed by atoms with Gasteiger partial charge in [-0.05, 0) is 23.1 Å². The molecule has 2 rings (SSSR count). The second-order valence-corrected chi connectivity index (χ2v) is 5.99. The van der Waals surface area contributed by atoms with E-state index in [2.05, 4.69) is 46.1 Å². The van der Waals surface area contributed by atoms with Gasteiger partial charge in [0.25, 0.3) is 0 Å². The van der Waals surface area contributed by atoms with Crippen LogP contribution in [0.1, 0.15) is 30.0 Å². The molecule has 0 aliphatic rings. The van der Waals surface area contributed by atoms with Crippen molar-refractivity contribution in [3.05, 3.63) is 71.3 Å². The van der Waals surface area contributed by atoms with Crippen LogP contribution in [0.4, 0.5) is 0 Å². The number of rotatable bonds is 8. The summed E-state index contributed by atoms with van der Waals surface area (Å²) < 4.78 is 0. The lowest BCUT2D eigenvalue weighted by atomic mass is 10.1. The van der Waals surface area contributed by atoms with Crippen molar-refractivity contribution in [3.8, 4) is 0 Å². The molecular formula is C21H28N4O. The summed E-state index contributed by atoms with van der Waals surface area (Å²) in [4.78, 5) is 16.1. The molecule has 0 aliphatic carbocycles. The normalized spacial score (nSPS) is 11.1. The van der Waals surface area contributed by atoms with Gasteiger partial charge < -0.3 is 16.0 Å². The lowest BCUT2D eigenvalue weighted by Gasteiger charge is -2.13. The van der Waals surface area contributed by atoms with Crippen molar-refractivity contribution < 1.29 is 4.79 Å². The fourth-order valence-electron chi connectivity index (χ4n) is 2.65. The molecule has 5 nitrogen and oxygen atoms in total. The van der Waals surface area contributed by atoms with Gasteiger partial charge in [-0.3, -0.25) is 9.79 Å². The summed E-state index contributed by atoms with van der Waals surface area (Å²) in [6.07, 6.45) is 1.41. The van der Waals surface area contributed by atoms with E-state index in [9.17, 15) is 4.79 Å². The molecule has 0 spiro atoms. The van der Waals surface area contributed by atoms with E-state index in [4.69, 9.17) is 0 Å². The highest BCUT2D eigenvalue weighted by Gasteiger charge is 2.04. The molecule has 0 radical (unpaired) electrons. The van der Waals surface area contributed by atoms with Crippen molar-refractivity contribution in [2.75, 3.05) is 13.6 Å². The van der Waals surface area contributed by atoms with Crippen LogP contribution in [-0.2, 0) is 24.3 Å². The Hall–Kier alpha value is -2.82. The van der Waals surface area contributed by atoms with E-state index >= 15 is 0 Å². The van der Waals surface area contributed by atoms with Crippen LogP contribution in [0.3, 0.4) is 0 Å². The average molecular weight is 352 g/mol. The number of hydrogen-bond donors (Lipinski definition) is 3. The zero-order chi connectivity index (χ0) is 18.6. The molecule has 1 amide bonds. The minimum Gasteiger partial charge on any atom is -0.356 e. The van der Waals surface area contributed by atoms with Crippen molar-refractivity contribution in [2.45, 2.75) is 32.9 Å². The molecule has 0 aliphatic heterocycles. The molecule has 3 N–H and O–H groups in total. The molecule has 138 valence electrons. The van der Waals surface area contributed by atoms with E-state index in [1.807, 2.05) is 36.4 Å². The first-order chi connectivity index (χ1) is 12.7. The summed E-state index contributed by atoms with van der Waals surface area (Å²) in [5.74, 6) is 0.722. The summed E-state index contributed by atoms with van der Waals surface area (Å²) in [5, 5.41) is 9.41. The molecule has 0 heterocycles. The first-order valence-corrected chi connectivity index (χ1v) is 9.04. The predicted molar refractivity (Wildman–Crippen MR) is 107 cm³/mol. The Balaban J connectivity index is 1.69. The van der Waals surface area contributed by atoms with Crippen LogP contribution in [0.2, 0.25) is 0 Å². The Morgan fingerprint density at radius 1 is 0.885 bits per heavy atom. The maximum atomic E-state index is 11.9. The van der Waals surface area contributed by atoms with Gasteiger partial charge in [0, 0.05) is 33.1 Å². The fourth-order valence-corrected chi connectivity index (χ4v) is 2.65. The number of hydrogen-bond acceptors (Lipinski definition) is 2. The maximum absolute atomic E-state index is 11.9. The average Bonchev–Trinajstić information content (AvgIpc) is 2.70. The van der Waals surface area contributed by atoms with Gasteiger partial charge in [0.2, 0.25) is 5.91 Å². The van der Waals surface area contributed by atoms with Crippen LogP contribution in [0.25, 0.3) is 0 Å². The number of aryl methyl sites for hydroxylation is 1. The first-order valence-electron chi connectivity index (χ1n) is 9.04. The number of guanidine groups is 1. The van der Waals surface area contributed by atoms with Crippen LogP contribution in [-0.4, -0.2) is 25.5 Å². The Morgan fingerprint density at radius 3 is 2.27 bits per heavy atom. The van der Waals surface area contributed by atoms with Crippen LogP contribution in [0.5, 0.6) is 0 Å². The van der Waals surface area contributed by atoms with Gasteiger partial charge in [0.15, 0.2) is 5.96 Å². The smallest absolute Gasteiger partial charge is 0.222 e. The highest BCUT2D eigenvalue weighted by Crippen LogP contribution is 2.08. The van der Waals surface area contributed by atoms with Crippen molar-refractivity contribution in [3.63, 3.8) is 0 Å². The van der Waals surface area contributed by atoms with Gasteiger partial charge in [-0.25, -0.2) is 0 Å².